The molecule has 1 heterocycles. The predicted molar refractivity (Wildman–Crippen MR) is 78.4 cm³/mol. The molecule has 4 N–H and O–H groups in total. The topological polar surface area (TPSA) is 97.1 Å². The summed E-state index contributed by atoms with van der Waals surface area (Å²) in [5, 5.41) is 0. The van der Waals surface area contributed by atoms with E-state index in [1.807, 2.05) is 0 Å². The van der Waals surface area contributed by atoms with E-state index in [2.05, 4.69) is 22.1 Å². The van der Waals surface area contributed by atoms with Gasteiger partial charge in [0.25, 0.3) is 0 Å². The molecule has 1 saturated carbocycles. The molecule has 2 rings (SSSR count). The average molecular weight is 298 g/mol. The summed E-state index contributed by atoms with van der Waals surface area (Å²) in [5.74, 6) is 5.77. The van der Waals surface area contributed by atoms with Gasteiger partial charge in [-0.1, -0.05) is 26.2 Å². The first-order valence-electron chi connectivity index (χ1n) is 7.01. The van der Waals surface area contributed by atoms with Crippen LogP contribution in [0.5, 0.6) is 0 Å². The molecule has 0 saturated heterocycles. The van der Waals surface area contributed by atoms with Gasteiger partial charge in [0.05, 0.1) is 5.69 Å². The maximum absolute atomic E-state index is 12.5. The fourth-order valence-corrected chi connectivity index (χ4v) is 4.28. The molecule has 0 aliphatic heterocycles. The van der Waals surface area contributed by atoms with Crippen molar-refractivity contribution < 1.29 is 8.42 Å². The average Bonchev–Trinajstić information content (AvgIpc) is 2.47. The summed E-state index contributed by atoms with van der Waals surface area (Å²) in [6.07, 6.45) is 8.03. The van der Waals surface area contributed by atoms with Crippen LogP contribution >= 0.6 is 0 Å². The number of nitrogen functional groups attached to an aromatic ring is 1. The number of nitrogens with zero attached hydrogens (tertiary/aromatic N) is 1. The number of aromatic nitrogens is 1. The molecule has 0 radical (unpaired) electrons. The molecule has 7 heteroatoms. The summed E-state index contributed by atoms with van der Waals surface area (Å²) in [5.41, 5.74) is 2.76. The van der Waals surface area contributed by atoms with E-state index in [4.69, 9.17) is 5.84 Å². The first kappa shape index (κ1) is 15.2. The lowest BCUT2D eigenvalue weighted by atomic mass is 9.83. The van der Waals surface area contributed by atoms with Gasteiger partial charge in [-0.2, -0.15) is 0 Å². The van der Waals surface area contributed by atoms with Crippen LogP contribution in [0.1, 0.15) is 39.0 Å². The molecule has 0 aromatic carbocycles. The number of pyridine rings is 1. The van der Waals surface area contributed by atoms with Crippen molar-refractivity contribution in [2.75, 3.05) is 5.43 Å². The van der Waals surface area contributed by atoms with Crippen molar-refractivity contribution in [1.82, 2.24) is 9.71 Å². The van der Waals surface area contributed by atoms with Crippen molar-refractivity contribution in [2.45, 2.75) is 50.0 Å². The van der Waals surface area contributed by atoms with Crippen LogP contribution in [0.4, 0.5) is 5.69 Å². The van der Waals surface area contributed by atoms with Gasteiger partial charge in [0.15, 0.2) is 0 Å². The molecular formula is C13H22N4O2S. The lowest BCUT2D eigenvalue weighted by Crippen LogP contribution is -2.42. The second kappa shape index (κ2) is 6.51. The van der Waals surface area contributed by atoms with Crippen LogP contribution in [0.25, 0.3) is 0 Å². The lowest BCUT2D eigenvalue weighted by molar-refractivity contribution is 0.282. The first-order chi connectivity index (χ1) is 9.58. The van der Waals surface area contributed by atoms with E-state index in [0.717, 1.165) is 25.7 Å². The van der Waals surface area contributed by atoms with Gasteiger partial charge < -0.3 is 5.43 Å². The molecule has 0 amide bonds. The van der Waals surface area contributed by atoms with Crippen molar-refractivity contribution in [3.8, 4) is 0 Å². The van der Waals surface area contributed by atoms with Crippen LogP contribution in [0, 0.1) is 5.92 Å². The second-order valence-corrected chi connectivity index (χ2v) is 6.88. The number of rotatable bonds is 5. The minimum atomic E-state index is -3.60. The maximum atomic E-state index is 12.5. The van der Waals surface area contributed by atoms with Crippen molar-refractivity contribution >= 4 is 15.7 Å². The highest BCUT2D eigenvalue weighted by atomic mass is 32.2. The van der Waals surface area contributed by atoms with Gasteiger partial charge in [-0.3, -0.25) is 10.8 Å². The summed E-state index contributed by atoms with van der Waals surface area (Å²) in [4.78, 5) is 3.98. The molecule has 1 aliphatic rings. The van der Waals surface area contributed by atoms with Crippen LogP contribution in [-0.2, 0) is 10.0 Å². The normalized spacial score (nSPS) is 23.5. The minimum absolute atomic E-state index is 0.00424. The minimum Gasteiger partial charge on any atom is -0.323 e. The number of nitrogens with two attached hydrogens (primary N) is 1. The van der Waals surface area contributed by atoms with Crippen molar-refractivity contribution in [2.24, 2.45) is 11.8 Å². The van der Waals surface area contributed by atoms with Gasteiger partial charge in [0.2, 0.25) is 10.0 Å². The summed E-state index contributed by atoms with van der Waals surface area (Å²) < 4.78 is 27.8. The Morgan fingerprint density at radius 1 is 1.40 bits per heavy atom. The Morgan fingerprint density at radius 3 is 2.85 bits per heavy atom. The fourth-order valence-electron chi connectivity index (χ4n) is 2.83. The molecule has 1 fully saturated rings. The molecular weight excluding hydrogens is 276 g/mol. The van der Waals surface area contributed by atoms with E-state index in [1.165, 1.54) is 18.8 Å². The number of sulfonamides is 1. The summed E-state index contributed by atoms with van der Waals surface area (Å²) in [7, 11) is -3.60. The van der Waals surface area contributed by atoms with Crippen molar-refractivity contribution in [3.63, 3.8) is 0 Å². The van der Waals surface area contributed by atoms with Gasteiger partial charge in [0, 0.05) is 18.4 Å². The largest absolute Gasteiger partial charge is 0.323 e. The zero-order chi connectivity index (χ0) is 14.6. The third kappa shape index (κ3) is 3.28. The number of anilines is 1. The first-order valence-corrected chi connectivity index (χ1v) is 8.49. The van der Waals surface area contributed by atoms with Crippen molar-refractivity contribution in [1.29, 1.82) is 0 Å². The monoisotopic (exact) mass is 298 g/mol. The predicted octanol–water partition coefficient (Wildman–Crippen LogP) is 1.61. The Morgan fingerprint density at radius 2 is 2.15 bits per heavy atom. The van der Waals surface area contributed by atoms with E-state index in [9.17, 15) is 8.42 Å². The van der Waals surface area contributed by atoms with Gasteiger partial charge in [-0.05, 0) is 24.8 Å². The zero-order valence-electron chi connectivity index (χ0n) is 11.7. The third-order valence-electron chi connectivity index (χ3n) is 3.97. The Hall–Kier alpha value is -1.18. The molecule has 1 aromatic heterocycles. The van der Waals surface area contributed by atoms with E-state index >= 15 is 0 Å². The summed E-state index contributed by atoms with van der Waals surface area (Å²) in [6, 6.07) is 1.55. The lowest BCUT2D eigenvalue weighted by Gasteiger charge is -2.31. The molecule has 1 aliphatic carbocycles. The van der Waals surface area contributed by atoms with E-state index < -0.39 is 10.0 Å². The number of nitrogens with one attached hydrogen (secondary N) is 2. The Balaban J connectivity index is 2.22. The van der Waals surface area contributed by atoms with Gasteiger partial charge in [0.1, 0.15) is 4.90 Å². The molecule has 112 valence electrons. The Labute approximate surface area is 120 Å². The smallest absolute Gasteiger partial charge is 0.244 e. The quantitative estimate of drug-likeness (QED) is 0.567. The summed E-state index contributed by atoms with van der Waals surface area (Å²) >= 11 is 0. The third-order valence-corrected chi connectivity index (χ3v) is 5.49. The zero-order valence-corrected chi connectivity index (χ0v) is 12.5. The molecule has 2 unspecified atom stereocenters. The van der Waals surface area contributed by atoms with Crippen LogP contribution < -0.4 is 16.0 Å². The molecule has 0 spiro atoms. The van der Waals surface area contributed by atoms with Gasteiger partial charge in [-0.15, -0.1) is 0 Å². The van der Waals surface area contributed by atoms with Gasteiger partial charge >= 0.3 is 0 Å². The molecule has 0 bridgehead atoms. The molecule has 20 heavy (non-hydrogen) atoms. The van der Waals surface area contributed by atoms with E-state index in [1.54, 1.807) is 6.07 Å². The number of hydrogen-bond donors (Lipinski definition) is 3. The van der Waals surface area contributed by atoms with Crippen LogP contribution in [0.2, 0.25) is 0 Å². The molecule has 6 nitrogen and oxygen atoms in total. The van der Waals surface area contributed by atoms with E-state index in [0.29, 0.717) is 11.6 Å². The highest BCUT2D eigenvalue weighted by Gasteiger charge is 2.29. The number of hydrazine groups is 1. The van der Waals surface area contributed by atoms with Crippen LogP contribution in [0.15, 0.2) is 23.4 Å². The SMILES string of the molecule is CCC1CCCCC1NS(=O)(=O)c1cnccc1NN. The Kier molecular flexibility index (Phi) is 4.95. The summed E-state index contributed by atoms with van der Waals surface area (Å²) in [6.45, 7) is 2.11. The van der Waals surface area contributed by atoms with Crippen LogP contribution in [-0.4, -0.2) is 19.4 Å². The number of hydrogen-bond acceptors (Lipinski definition) is 5. The highest BCUT2D eigenvalue weighted by molar-refractivity contribution is 7.89. The molecule has 1 aromatic rings. The Bertz CT molecular complexity index is 547. The van der Waals surface area contributed by atoms with Gasteiger partial charge in [-0.25, -0.2) is 13.1 Å². The van der Waals surface area contributed by atoms with E-state index in [-0.39, 0.29) is 10.9 Å². The fraction of sp³-hybridized carbons (Fsp3) is 0.615. The van der Waals surface area contributed by atoms with Crippen molar-refractivity contribution in [3.05, 3.63) is 18.5 Å². The molecule has 2 atom stereocenters. The standard InChI is InChI=1S/C13H22N4O2S/c1-2-10-5-3-4-6-11(10)17-20(18,19)13-9-15-8-7-12(13)16-14/h7-11,17H,2-6,14H2,1H3,(H,15,16). The maximum Gasteiger partial charge on any atom is 0.244 e. The highest BCUT2D eigenvalue weighted by Crippen LogP contribution is 2.28. The second-order valence-electron chi connectivity index (χ2n) is 5.20. The van der Waals surface area contributed by atoms with Crippen LogP contribution in [0.3, 0.4) is 0 Å².